The molecule has 2 nitrogen and oxygen atoms in total. The molecule has 0 aromatic heterocycles. The molecule has 0 unspecified atom stereocenters. The first-order valence-corrected chi connectivity index (χ1v) is 2.53. The van der Waals surface area contributed by atoms with E-state index < -0.39 is 0 Å². The van der Waals surface area contributed by atoms with Gasteiger partial charge in [-0.1, -0.05) is 0 Å². The quantitative estimate of drug-likeness (QED) is 0.514. The van der Waals surface area contributed by atoms with Crippen LogP contribution in [0, 0.1) is 0 Å². The Labute approximate surface area is 44.5 Å². The molecule has 0 amide bonds. The van der Waals surface area contributed by atoms with Gasteiger partial charge in [0.25, 0.3) is 0 Å². The molecule has 0 radical (unpaired) electrons. The highest BCUT2D eigenvalue weighted by atomic mass is 16.3. The summed E-state index contributed by atoms with van der Waals surface area (Å²) < 4.78 is 0. The van der Waals surface area contributed by atoms with Gasteiger partial charge in [-0.15, -0.1) is 0 Å². The number of aliphatic hydroxyl groups is 1. The second-order valence-electron chi connectivity index (χ2n) is 1.82. The fourth-order valence-electron chi connectivity index (χ4n) is 0.241. The Morgan fingerprint density at radius 3 is 1.86 bits per heavy atom. The molecule has 0 heterocycles. The van der Waals surface area contributed by atoms with Crippen molar-refractivity contribution < 1.29 is 5.11 Å². The van der Waals surface area contributed by atoms with E-state index in [9.17, 15) is 0 Å². The molecule has 0 spiro atoms. The minimum absolute atomic E-state index is 0.208. The summed E-state index contributed by atoms with van der Waals surface area (Å²) in [6, 6.07) is 0.208. The van der Waals surface area contributed by atoms with Gasteiger partial charge in [0.05, 0.1) is 6.10 Å². The number of nitrogens with one attached hydrogen (secondary N) is 1. The van der Waals surface area contributed by atoms with E-state index >= 15 is 0 Å². The van der Waals surface area contributed by atoms with Crippen molar-refractivity contribution in [3.8, 4) is 0 Å². The van der Waals surface area contributed by atoms with Gasteiger partial charge in [-0.3, -0.25) is 0 Å². The molecule has 0 bridgehead atoms. The van der Waals surface area contributed by atoms with Crippen molar-refractivity contribution in [1.29, 1.82) is 0 Å². The summed E-state index contributed by atoms with van der Waals surface area (Å²) in [5.74, 6) is 0. The summed E-state index contributed by atoms with van der Waals surface area (Å²) >= 11 is 0. The van der Waals surface area contributed by atoms with Gasteiger partial charge >= 0.3 is 0 Å². The van der Waals surface area contributed by atoms with Crippen molar-refractivity contribution in [1.82, 2.24) is 5.32 Å². The van der Waals surface area contributed by atoms with Gasteiger partial charge in [0.2, 0.25) is 0 Å². The van der Waals surface area contributed by atoms with E-state index in [0.717, 1.165) is 0 Å². The van der Waals surface area contributed by atoms with Crippen LogP contribution in [0.3, 0.4) is 0 Å². The van der Waals surface area contributed by atoms with E-state index in [4.69, 9.17) is 5.11 Å². The molecule has 44 valence electrons. The minimum Gasteiger partial charge on any atom is -0.392 e. The first kappa shape index (κ1) is 6.92. The first-order chi connectivity index (χ1) is 3.18. The van der Waals surface area contributed by atoms with Crippen molar-refractivity contribution in [3.63, 3.8) is 0 Å². The summed E-state index contributed by atoms with van der Waals surface area (Å²) in [5, 5.41) is 11.7. The van der Waals surface area contributed by atoms with Gasteiger partial charge in [0.1, 0.15) is 0 Å². The van der Waals surface area contributed by atoms with Crippen molar-refractivity contribution in [2.75, 3.05) is 7.05 Å². The molecule has 0 aliphatic carbocycles. The Hall–Kier alpha value is -0.0800. The van der Waals surface area contributed by atoms with Crippen molar-refractivity contribution in [3.05, 3.63) is 0 Å². The largest absolute Gasteiger partial charge is 0.392 e. The predicted molar refractivity (Wildman–Crippen MR) is 30.2 cm³/mol. The lowest BCUT2D eigenvalue weighted by atomic mass is 10.2. The lowest BCUT2D eigenvalue weighted by molar-refractivity contribution is 0.157. The third-order valence-electron chi connectivity index (χ3n) is 1.18. The first-order valence-electron chi connectivity index (χ1n) is 2.53. The molecule has 0 fully saturated rings. The normalized spacial score (nSPS) is 18.9. The van der Waals surface area contributed by atoms with Crippen molar-refractivity contribution >= 4 is 0 Å². The molecule has 2 atom stereocenters. The van der Waals surface area contributed by atoms with Crippen LogP contribution in [0.1, 0.15) is 13.8 Å². The van der Waals surface area contributed by atoms with Crippen molar-refractivity contribution in [2.45, 2.75) is 26.0 Å². The van der Waals surface area contributed by atoms with Crippen LogP contribution in [0.5, 0.6) is 0 Å². The summed E-state index contributed by atoms with van der Waals surface area (Å²) in [4.78, 5) is 0. The highest BCUT2D eigenvalue weighted by Gasteiger charge is 2.02. The van der Waals surface area contributed by atoms with E-state index in [2.05, 4.69) is 5.32 Å². The second-order valence-corrected chi connectivity index (χ2v) is 1.82. The number of rotatable bonds is 2. The molecule has 0 aromatic rings. The van der Waals surface area contributed by atoms with Gasteiger partial charge in [0, 0.05) is 6.04 Å². The van der Waals surface area contributed by atoms with Crippen LogP contribution in [0.25, 0.3) is 0 Å². The predicted octanol–water partition coefficient (Wildman–Crippen LogP) is -0.0249. The number of hydrogen-bond donors (Lipinski definition) is 2. The van der Waals surface area contributed by atoms with Gasteiger partial charge in [0.15, 0.2) is 0 Å². The van der Waals surface area contributed by atoms with E-state index in [1.807, 2.05) is 14.0 Å². The Morgan fingerprint density at radius 2 is 1.86 bits per heavy atom. The topological polar surface area (TPSA) is 32.3 Å². The van der Waals surface area contributed by atoms with E-state index in [1.54, 1.807) is 6.92 Å². The maximum Gasteiger partial charge on any atom is 0.0662 e. The molecule has 7 heavy (non-hydrogen) atoms. The highest BCUT2D eigenvalue weighted by molar-refractivity contribution is 4.61. The summed E-state index contributed by atoms with van der Waals surface area (Å²) in [6.45, 7) is 3.70. The molecular formula is C5H13NO. The zero-order valence-electron chi connectivity index (χ0n) is 5.10. The summed E-state index contributed by atoms with van der Waals surface area (Å²) in [7, 11) is 1.83. The fourth-order valence-corrected chi connectivity index (χ4v) is 0.241. The third kappa shape index (κ3) is 2.60. The lowest BCUT2D eigenvalue weighted by Gasteiger charge is -2.11. The van der Waals surface area contributed by atoms with Crippen LogP contribution in [-0.2, 0) is 0 Å². The maximum absolute atomic E-state index is 8.76. The fraction of sp³-hybridized carbons (Fsp3) is 1.00. The van der Waals surface area contributed by atoms with Crippen LogP contribution in [-0.4, -0.2) is 24.3 Å². The van der Waals surface area contributed by atoms with Gasteiger partial charge in [-0.2, -0.15) is 0 Å². The van der Waals surface area contributed by atoms with Gasteiger partial charge in [-0.25, -0.2) is 0 Å². The molecular weight excluding hydrogens is 90.1 g/mol. The molecule has 0 saturated heterocycles. The van der Waals surface area contributed by atoms with E-state index in [-0.39, 0.29) is 12.1 Å². The van der Waals surface area contributed by atoms with Crippen LogP contribution in [0.4, 0.5) is 0 Å². The van der Waals surface area contributed by atoms with Crippen LogP contribution in [0.2, 0.25) is 0 Å². The summed E-state index contributed by atoms with van der Waals surface area (Å²) in [5.41, 5.74) is 0. The molecule has 0 aliphatic heterocycles. The van der Waals surface area contributed by atoms with Gasteiger partial charge < -0.3 is 10.4 Å². The number of aliphatic hydroxyl groups excluding tert-OH is 1. The smallest absolute Gasteiger partial charge is 0.0662 e. The molecule has 2 heteroatoms. The zero-order valence-corrected chi connectivity index (χ0v) is 5.10. The Bertz CT molecular complexity index is 45.3. The minimum atomic E-state index is -0.245. The number of likely N-dealkylation sites (N-methyl/N-ethyl adjacent to an activating group) is 1. The maximum atomic E-state index is 8.76. The monoisotopic (exact) mass is 103 g/mol. The van der Waals surface area contributed by atoms with Crippen LogP contribution < -0.4 is 5.32 Å². The standard InChI is InChI=1S/C5H13NO/c1-4(6-3)5(2)7/h4-7H,1-3H3/t4-,5-/m1/s1. The Morgan fingerprint density at radius 1 is 1.43 bits per heavy atom. The molecule has 0 aromatic carbocycles. The SMILES string of the molecule is CN[C@H](C)[C@@H](C)O. The molecule has 2 N–H and O–H groups in total. The van der Waals surface area contributed by atoms with Crippen LogP contribution >= 0.6 is 0 Å². The van der Waals surface area contributed by atoms with Gasteiger partial charge in [-0.05, 0) is 20.9 Å². The van der Waals surface area contributed by atoms with Crippen LogP contribution in [0.15, 0.2) is 0 Å². The molecule has 0 aliphatic rings. The molecule has 0 saturated carbocycles. The van der Waals surface area contributed by atoms with E-state index in [0.29, 0.717) is 0 Å². The molecule has 0 rings (SSSR count). The third-order valence-corrected chi connectivity index (χ3v) is 1.18. The second kappa shape index (κ2) is 2.99. The van der Waals surface area contributed by atoms with E-state index in [1.165, 1.54) is 0 Å². The number of hydrogen-bond acceptors (Lipinski definition) is 2. The Balaban J connectivity index is 3.14. The lowest BCUT2D eigenvalue weighted by Crippen LogP contribution is -2.32. The average molecular weight is 103 g/mol. The average Bonchev–Trinajstić information content (AvgIpc) is 1.65. The summed E-state index contributed by atoms with van der Waals surface area (Å²) in [6.07, 6.45) is -0.245. The highest BCUT2D eigenvalue weighted by Crippen LogP contribution is 1.86. The Kier molecular flexibility index (Phi) is 2.96. The van der Waals surface area contributed by atoms with Crippen molar-refractivity contribution in [2.24, 2.45) is 0 Å². The zero-order chi connectivity index (χ0) is 5.86.